The lowest BCUT2D eigenvalue weighted by molar-refractivity contribution is 0.412. The van der Waals surface area contributed by atoms with Gasteiger partial charge in [0.05, 0.1) is 11.4 Å². The van der Waals surface area contributed by atoms with Crippen LogP contribution < -0.4 is 21.5 Å². The van der Waals surface area contributed by atoms with Crippen molar-refractivity contribution < 1.29 is 0 Å². The summed E-state index contributed by atoms with van der Waals surface area (Å²) in [4.78, 5) is 2.07. The lowest BCUT2D eigenvalue weighted by Gasteiger charge is -2.11. The molecule has 0 unspecified atom stereocenters. The van der Waals surface area contributed by atoms with Crippen molar-refractivity contribution in [3.63, 3.8) is 0 Å². The third kappa shape index (κ3) is 9.59. The quantitative estimate of drug-likeness (QED) is 0.309. The van der Waals surface area contributed by atoms with E-state index in [1.807, 2.05) is 27.9 Å². The van der Waals surface area contributed by atoms with Gasteiger partial charge < -0.3 is 15.5 Å². The van der Waals surface area contributed by atoms with E-state index in [0.29, 0.717) is 21.6 Å². The van der Waals surface area contributed by atoms with Crippen molar-refractivity contribution >= 4 is 46.1 Å². The van der Waals surface area contributed by atoms with Gasteiger partial charge in [0.25, 0.3) is 0 Å². The Morgan fingerprint density at radius 3 is 1.95 bits per heavy atom. The van der Waals surface area contributed by atoms with Crippen LogP contribution in [0.1, 0.15) is 13.8 Å². The van der Waals surface area contributed by atoms with Crippen LogP contribution in [0.3, 0.4) is 0 Å². The van der Waals surface area contributed by atoms with Gasteiger partial charge in [-0.05, 0) is 52.4 Å². The maximum atomic E-state index is 5.10. The fraction of sp³-hybridized carbons (Fsp3) is 0.636. The van der Waals surface area contributed by atoms with E-state index < -0.39 is 0 Å². The minimum Gasteiger partial charge on any atom is -0.364 e. The van der Waals surface area contributed by atoms with E-state index in [9.17, 15) is 0 Å². The molecule has 0 fully saturated rings. The summed E-state index contributed by atoms with van der Waals surface area (Å²) in [6.45, 7) is 5.32. The molecule has 0 aromatic rings. The monoisotopic (exact) mass is 317 g/mol. The van der Waals surface area contributed by atoms with Crippen LogP contribution in [0, 0.1) is 0 Å². The Balaban J connectivity index is 4.16. The number of hydrazone groups is 2. The van der Waals surface area contributed by atoms with Gasteiger partial charge in [-0.15, -0.1) is 0 Å². The van der Waals surface area contributed by atoms with Crippen molar-refractivity contribution in [2.45, 2.75) is 13.8 Å². The van der Waals surface area contributed by atoms with Crippen LogP contribution in [0.15, 0.2) is 10.2 Å². The summed E-state index contributed by atoms with van der Waals surface area (Å²) in [7, 11) is 5.73. The zero-order valence-corrected chi connectivity index (χ0v) is 14.2. The molecule has 20 heavy (non-hydrogen) atoms. The van der Waals surface area contributed by atoms with E-state index >= 15 is 0 Å². The number of hydrogen-bond acceptors (Lipinski definition) is 5. The maximum Gasteiger partial charge on any atom is 0.187 e. The molecule has 0 aliphatic heterocycles. The number of rotatable bonds is 6. The van der Waals surface area contributed by atoms with Crippen molar-refractivity contribution in [2.75, 3.05) is 34.2 Å². The molecule has 7 nitrogen and oxygen atoms in total. The minimum atomic E-state index is 0.450. The Kier molecular flexibility index (Phi) is 9.77. The van der Waals surface area contributed by atoms with Crippen LogP contribution >= 0.6 is 24.4 Å². The molecule has 114 valence electrons. The number of nitrogens with one attached hydrogen (secondary N) is 4. The first-order valence-corrected chi connectivity index (χ1v) is 6.93. The zero-order chi connectivity index (χ0) is 15.5. The summed E-state index contributed by atoms with van der Waals surface area (Å²) in [5.74, 6) is 0. The molecule has 0 radical (unpaired) electrons. The Morgan fingerprint density at radius 1 is 1.00 bits per heavy atom. The average Bonchev–Trinajstić information content (AvgIpc) is 2.41. The zero-order valence-electron chi connectivity index (χ0n) is 12.6. The molecule has 0 aromatic heterocycles. The molecule has 4 N–H and O–H groups in total. The van der Waals surface area contributed by atoms with Crippen molar-refractivity contribution in [3.05, 3.63) is 0 Å². The third-order valence-electron chi connectivity index (χ3n) is 2.25. The predicted octanol–water partition coefficient (Wildman–Crippen LogP) is -0.142. The molecule has 0 rings (SSSR count). The highest BCUT2D eigenvalue weighted by Crippen LogP contribution is 1.82. The van der Waals surface area contributed by atoms with E-state index in [1.54, 1.807) is 7.05 Å². The van der Waals surface area contributed by atoms with Gasteiger partial charge in [0.2, 0.25) is 0 Å². The van der Waals surface area contributed by atoms with E-state index in [-0.39, 0.29) is 0 Å². The molecule has 0 atom stereocenters. The van der Waals surface area contributed by atoms with Crippen LogP contribution in [0.4, 0.5) is 0 Å². The average molecular weight is 317 g/mol. The summed E-state index contributed by atoms with van der Waals surface area (Å²) >= 11 is 10.0. The van der Waals surface area contributed by atoms with Crippen molar-refractivity contribution in [1.29, 1.82) is 0 Å². The second-order valence-electron chi connectivity index (χ2n) is 4.26. The fourth-order valence-corrected chi connectivity index (χ4v) is 1.11. The van der Waals surface area contributed by atoms with Gasteiger partial charge in [0, 0.05) is 20.1 Å². The van der Waals surface area contributed by atoms with Gasteiger partial charge in [-0.3, -0.25) is 10.9 Å². The van der Waals surface area contributed by atoms with Gasteiger partial charge in [0.15, 0.2) is 10.2 Å². The number of hydrogen-bond donors (Lipinski definition) is 4. The largest absolute Gasteiger partial charge is 0.364 e. The van der Waals surface area contributed by atoms with Crippen molar-refractivity contribution in [3.8, 4) is 0 Å². The first-order chi connectivity index (χ1) is 9.36. The second kappa shape index (κ2) is 10.5. The van der Waals surface area contributed by atoms with Crippen molar-refractivity contribution in [2.24, 2.45) is 10.2 Å². The Hall–Kier alpha value is -1.32. The third-order valence-corrected chi connectivity index (χ3v) is 2.78. The number of likely N-dealkylation sites (N-methyl/N-ethyl adjacent to an activating group) is 1. The molecule has 0 saturated carbocycles. The molecule has 0 saturated heterocycles. The smallest absolute Gasteiger partial charge is 0.187 e. The number of nitrogens with zero attached hydrogens (tertiary/aromatic N) is 3. The highest BCUT2D eigenvalue weighted by atomic mass is 32.1. The Bertz CT molecular complexity index is 390. The first kappa shape index (κ1) is 18.7. The van der Waals surface area contributed by atoms with Crippen LogP contribution in [0.2, 0.25) is 0 Å². The minimum absolute atomic E-state index is 0.450. The molecule has 0 aromatic carbocycles. The molecule has 0 aliphatic carbocycles. The van der Waals surface area contributed by atoms with E-state index in [0.717, 1.165) is 13.1 Å². The Morgan fingerprint density at radius 2 is 1.50 bits per heavy atom. The summed E-state index contributed by atoms with van der Waals surface area (Å²) in [5.41, 5.74) is 6.89. The molecule has 0 amide bonds. The lowest BCUT2D eigenvalue weighted by atomic mass is 10.3. The standard InChI is InChI=1S/C11H23N7S2/c1-8(14-16-10(19)12-3)9(2)15-17-11(20)13-6-7-18(4)5/h6-7H2,1-5H3,(H2,12,16,19)(H2,13,17,20)/b14-8+,15-9-. The topological polar surface area (TPSA) is 76.1 Å². The van der Waals surface area contributed by atoms with Crippen molar-refractivity contribution in [1.82, 2.24) is 26.4 Å². The normalized spacial score (nSPS) is 12.1. The second-order valence-corrected chi connectivity index (χ2v) is 5.07. The van der Waals surface area contributed by atoms with Gasteiger partial charge >= 0.3 is 0 Å². The van der Waals surface area contributed by atoms with Gasteiger partial charge in [-0.2, -0.15) is 10.2 Å². The SMILES string of the molecule is CNC(=S)N/N=C(C)/C(C)=N\NC(=S)NCCN(C)C. The molecule has 0 bridgehead atoms. The van der Waals surface area contributed by atoms with Crippen LogP contribution in [-0.2, 0) is 0 Å². The van der Waals surface area contributed by atoms with Gasteiger partial charge in [-0.25, -0.2) is 0 Å². The molecular weight excluding hydrogens is 294 g/mol. The van der Waals surface area contributed by atoms with Gasteiger partial charge in [-0.1, -0.05) is 0 Å². The van der Waals surface area contributed by atoms with Crippen LogP contribution in [-0.4, -0.2) is 60.8 Å². The van der Waals surface area contributed by atoms with E-state index in [1.165, 1.54) is 0 Å². The Labute approximate surface area is 131 Å². The molecular formula is C11H23N7S2. The van der Waals surface area contributed by atoms with E-state index in [2.05, 4.69) is 36.6 Å². The summed E-state index contributed by atoms with van der Waals surface area (Å²) in [6.07, 6.45) is 0. The lowest BCUT2D eigenvalue weighted by Crippen LogP contribution is -2.37. The van der Waals surface area contributed by atoms with Crippen LogP contribution in [0.5, 0.6) is 0 Å². The molecule has 9 heteroatoms. The van der Waals surface area contributed by atoms with Gasteiger partial charge in [0.1, 0.15) is 0 Å². The molecule has 0 heterocycles. The first-order valence-electron chi connectivity index (χ1n) is 6.12. The van der Waals surface area contributed by atoms with E-state index in [4.69, 9.17) is 24.4 Å². The highest BCUT2D eigenvalue weighted by molar-refractivity contribution is 7.80. The fourth-order valence-electron chi connectivity index (χ4n) is 0.920. The molecule has 0 aliphatic rings. The summed E-state index contributed by atoms with van der Waals surface area (Å²) in [6, 6.07) is 0. The maximum absolute atomic E-state index is 5.10. The number of thiocarbonyl (C=S) groups is 2. The predicted molar refractivity (Wildman–Crippen MR) is 93.3 cm³/mol. The van der Waals surface area contributed by atoms with Crippen LogP contribution in [0.25, 0.3) is 0 Å². The summed E-state index contributed by atoms with van der Waals surface area (Å²) in [5, 5.41) is 15.0. The summed E-state index contributed by atoms with van der Waals surface area (Å²) < 4.78 is 0. The molecule has 0 spiro atoms. The highest BCUT2D eigenvalue weighted by Gasteiger charge is 1.99.